The Bertz CT molecular complexity index is 490. The summed E-state index contributed by atoms with van der Waals surface area (Å²) in [7, 11) is 4.14. The summed E-state index contributed by atoms with van der Waals surface area (Å²) >= 11 is 0. The van der Waals surface area contributed by atoms with Crippen LogP contribution in [0.1, 0.15) is 18.4 Å². The lowest BCUT2D eigenvalue weighted by molar-refractivity contribution is -0.384. The predicted molar refractivity (Wildman–Crippen MR) is 79.5 cm³/mol. The largest absolute Gasteiger partial charge is 0.393 e. The summed E-state index contributed by atoms with van der Waals surface area (Å²) in [6.07, 6.45) is 2.35. The number of anilines is 1. The topological polar surface area (TPSA) is 75.6 Å². The van der Waals surface area contributed by atoms with Crippen molar-refractivity contribution in [3.63, 3.8) is 0 Å². The third-order valence-corrected chi connectivity index (χ3v) is 3.82. The van der Waals surface area contributed by atoms with E-state index in [-0.39, 0.29) is 5.69 Å². The van der Waals surface area contributed by atoms with Crippen molar-refractivity contribution in [2.45, 2.75) is 25.4 Å². The lowest BCUT2D eigenvalue weighted by Gasteiger charge is -2.27. The fourth-order valence-corrected chi connectivity index (χ4v) is 2.85. The van der Waals surface area contributed by atoms with Crippen LogP contribution < -0.4 is 5.73 Å². The van der Waals surface area contributed by atoms with E-state index in [0.29, 0.717) is 18.3 Å². The summed E-state index contributed by atoms with van der Waals surface area (Å²) in [5.41, 5.74) is 7.09. The SMILES string of the molecule is CN(C)CC1CCCN1Cc1cccc([N+](=O)[O-])c1N. The van der Waals surface area contributed by atoms with Crippen molar-refractivity contribution in [2.75, 3.05) is 32.9 Å². The van der Waals surface area contributed by atoms with Crippen LogP contribution in [0.2, 0.25) is 0 Å². The van der Waals surface area contributed by atoms with Crippen LogP contribution in [0.3, 0.4) is 0 Å². The van der Waals surface area contributed by atoms with Gasteiger partial charge >= 0.3 is 0 Å². The fraction of sp³-hybridized carbons (Fsp3) is 0.571. The average Bonchev–Trinajstić information content (AvgIpc) is 2.78. The van der Waals surface area contributed by atoms with E-state index < -0.39 is 4.92 Å². The smallest absolute Gasteiger partial charge is 0.292 e. The summed E-state index contributed by atoms with van der Waals surface area (Å²) < 4.78 is 0. The second kappa shape index (κ2) is 6.19. The zero-order valence-corrected chi connectivity index (χ0v) is 12.1. The molecule has 1 aromatic rings. The van der Waals surface area contributed by atoms with E-state index in [0.717, 1.165) is 18.7 Å². The molecule has 6 heteroatoms. The predicted octanol–water partition coefficient (Wildman–Crippen LogP) is 1.70. The summed E-state index contributed by atoms with van der Waals surface area (Å²) in [6.45, 7) is 2.72. The lowest BCUT2D eigenvalue weighted by atomic mass is 10.1. The second-order valence-electron chi connectivity index (χ2n) is 5.64. The minimum Gasteiger partial charge on any atom is -0.393 e. The maximum atomic E-state index is 10.9. The van der Waals surface area contributed by atoms with E-state index in [4.69, 9.17) is 5.73 Å². The van der Waals surface area contributed by atoms with Crippen LogP contribution in [0.5, 0.6) is 0 Å². The van der Waals surface area contributed by atoms with Gasteiger partial charge in [0, 0.05) is 25.2 Å². The molecule has 1 aliphatic heterocycles. The highest BCUT2D eigenvalue weighted by Crippen LogP contribution is 2.28. The maximum absolute atomic E-state index is 10.9. The molecule has 1 saturated heterocycles. The van der Waals surface area contributed by atoms with Crippen LogP contribution in [0.15, 0.2) is 18.2 Å². The molecule has 2 N–H and O–H groups in total. The van der Waals surface area contributed by atoms with Gasteiger partial charge in [-0.2, -0.15) is 0 Å². The van der Waals surface area contributed by atoms with E-state index in [1.807, 2.05) is 6.07 Å². The van der Waals surface area contributed by atoms with Gasteiger partial charge in [0.25, 0.3) is 5.69 Å². The third kappa shape index (κ3) is 3.26. The van der Waals surface area contributed by atoms with Crippen molar-refractivity contribution in [1.29, 1.82) is 0 Å². The molecule has 1 fully saturated rings. The van der Waals surface area contributed by atoms with Crippen molar-refractivity contribution in [2.24, 2.45) is 0 Å². The molecule has 0 amide bonds. The Balaban J connectivity index is 2.13. The Kier molecular flexibility index (Phi) is 4.57. The summed E-state index contributed by atoms with van der Waals surface area (Å²) in [5, 5.41) is 10.9. The third-order valence-electron chi connectivity index (χ3n) is 3.82. The molecule has 0 aromatic heterocycles. The molecule has 0 bridgehead atoms. The van der Waals surface area contributed by atoms with Crippen molar-refractivity contribution < 1.29 is 4.92 Å². The molecule has 1 heterocycles. The number of rotatable bonds is 5. The number of nitrogens with two attached hydrogens (primary N) is 1. The molecule has 0 saturated carbocycles. The first-order valence-corrected chi connectivity index (χ1v) is 6.89. The van der Waals surface area contributed by atoms with E-state index in [1.165, 1.54) is 18.9 Å². The molecular weight excluding hydrogens is 256 g/mol. The number of para-hydroxylation sites is 1. The minimum atomic E-state index is -0.417. The summed E-state index contributed by atoms with van der Waals surface area (Å²) in [6, 6.07) is 5.55. The first-order chi connectivity index (χ1) is 9.49. The van der Waals surface area contributed by atoms with Gasteiger partial charge in [0.2, 0.25) is 0 Å². The molecule has 6 nitrogen and oxygen atoms in total. The van der Waals surface area contributed by atoms with Gasteiger partial charge in [-0.3, -0.25) is 15.0 Å². The Hall–Kier alpha value is -1.66. The average molecular weight is 278 g/mol. The van der Waals surface area contributed by atoms with Crippen LogP contribution in [-0.4, -0.2) is 47.9 Å². The number of nitro groups is 1. The van der Waals surface area contributed by atoms with Gasteiger partial charge in [0.1, 0.15) is 5.69 Å². The molecule has 0 aliphatic carbocycles. The van der Waals surface area contributed by atoms with Crippen LogP contribution in [0, 0.1) is 10.1 Å². The number of nitrogens with zero attached hydrogens (tertiary/aromatic N) is 3. The molecule has 110 valence electrons. The van der Waals surface area contributed by atoms with Gasteiger partial charge in [-0.1, -0.05) is 12.1 Å². The number of hydrogen-bond donors (Lipinski definition) is 1. The van der Waals surface area contributed by atoms with Gasteiger partial charge in [0.15, 0.2) is 0 Å². The standard InChI is InChI=1S/C14H22N4O2/c1-16(2)10-12-6-4-8-17(12)9-11-5-3-7-13(14(11)15)18(19)20/h3,5,7,12H,4,6,8-10,15H2,1-2H3. The molecule has 0 spiro atoms. The Morgan fingerprint density at radius 2 is 2.25 bits per heavy atom. The van der Waals surface area contributed by atoms with Crippen LogP contribution in [0.25, 0.3) is 0 Å². The molecule has 20 heavy (non-hydrogen) atoms. The number of likely N-dealkylation sites (N-methyl/N-ethyl adjacent to an activating group) is 1. The Morgan fingerprint density at radius 3 is 2.90 bits per heavy atom. The van der Waals surface area contributed by atoms with Gasteiger partial charge in [-0.15, -0.1) is 0 Å². The highest BCUT2D eigenvalue weighted by atomic mass is 16.6. The molecule has 1 aromatic carbocycles. The minimum absolute atomic E-state index is 0.00542. The number of hydrogen-bond acceptors (Lipinski definition) is 5. The van der Waals surface area contributed by atoms with E-state index in [2.05, 4.69) is 23.9 Å². The van der Waals surface area contributed by atoms with Gasteiger partial charge in [0.05, 0.1) is 4.92 Å². The number of nitro benzene ring substituents is 1. The molecule has 1 atom stereocenters. The van der Waals surface area contributed by atoms with Crippen LogP contribution in [0.4, 0.5) is 11.4 Å². The molecule has 2 rings (SSSR count). The second-order valence-corrected chi connectivity index (χ2v) is 5.64. The molecule has 1 aliphatic rings. The quantitative estimate of drug-likeness (QED) is 0.504. The van der Waals surface area contributed by atoms with Crippen LogP contribution in [-0.2, 0) is 6.54 Å². The zero-order valence-electron chi connectivity index (χ0n) is 12.1. The van der Waals surface area contributed by atoms with Gasteiger partial charge < -0.3 is 10.6 Å². The zero-order chi connectivity index (χ0) is 14.7. The molecule has 0 radical (unpaired) electrons. The normalized spacial score (nSPS) is 19.6. The lowest BCUT2D eigenvalue weighted by Crippen LogP contribution is -2.37. The molecule has 1 unspecified atom stereocenters. The number of likely N-dealkylation sites (tertiary alicyclic amines) is 1. The summed E-state index contributed by atoms with van der Waals surface area (Å²) in [4.78, 5) is 15.1. The van der Waals surface area contributed by atoms with Crippen molar-refractivity contribution in [3.05, 3.63) is 33.9 Å². The van der Waals surface area contributed by atoms with Crippen molar-refractivity contribution in [3.8, 4) is 0 Å². The summed E-state index contributed by atoms with van der Waals surface area (Å²) in [5.74, 6) is 0. The first kappa shape index (κ1) is 14.7. The van der Waals surface area contributed by atoms with E-state index in [1.54, 1.807) is 6.07 Å². The number of nitrogen functional groups attached to an aromatic ring is 1. The fourth-order valence-electron chi connectivity index (χ4n) is 2.85. The van der Waals surface area contributed by atoms with Crippen molar-refractivity contribution >= 4 is 11.4 Å². The highest BCUT2D eigenvalue weighted by molar-refractivity contribution is 5.62. The Morgan fingerprint density at radius 1 is 1.50 bits per heavy atom. The maximum Gasteiger partial charge on any atom is 0.292 e. The number of benzene rings is 1. The Labute approximate surface area is 119 Å². The van der Waals surface area contributed by atoms with Crippen molar-refractivity contribution in [1.82, 2.24) is 9.80 Å². The van der Waals surface area contributed by atoms with Crippen LogP contribution >= 0.6 is 0 Å². The van der Waals surface area contributed by atoms with Gasteiger partial charge in [-0.05, 0) is 39.0 Å². The first-order valence-electron chi connectivity index (χ1n) is 6.89. The molecular formula is C14H22N4O2. The van der Waals surface area contributed by atoms with Gasteiger partial charge in [-0.25, -0.2) is 0 Å². The van der Waals surface area contributed by atoms with E-state index in [9.17, 15) is 10.1 Å². The monoisotopic (exact) mass is 278 g/mol. The highest BCUT2D eigenvalue weighted by Gasteiger charge is 2.26. The van der Waals surface area contributed by atoms with E-state index >= 15 is 0 Å².